The fraction of sp³-hybridized carbons (Fsp3) is 0.240. The molecule has 1 amide bonds. The fourth-order valence-electron chi connectivity index (χ4n) is 4.10. The monoisotopic (exact) mass is 548 g/mol. The Hall–Kier alpha value is -3.14. The molecule has 1 fully saturated rings. The van der Waals surface area contributed by atoms with Gasteiger partial charge in [-0.1, -0.05) is 65.7 Å². The van der Waals surface area contributed by atoms with Gasteiger partial charge in [-0.2, -0.15) is 0 Å². The standard InChI is InChI=1S/C25H22Cl2N2O6S/c26-19-9-10-21(22(27)13-19)18-7-5-17(6-8-18)14-28(20-11-12-36(33,34)16-20)25(30)15-35-24-4-2-1-3-23(24)29(31)32/h1-10,13,20H,11-12,14-16H2. The van der Waals surface area contributed by atoms with Crippen LogP contribution in [-0.4, -0.2) is 48.3 Å². The lowest BCUT2D eigenvalue weighted by Gasteiger charge is -2.28. The van der Waals surface area contributed by atoms with E-state index in [0.717, 1.165) is 16.7 Å². The maximum atomic E-state index is 13.2. The Kier molecular flexibility index (Phi) is 7.82. The summed E-state index contributed by atoms with van der Waals surface area (Å²) in [6.45, 7) is -0.298. The van der Waals surface area contributed by atoms with Crippen LogP contribution in [-0.2, 0) is 21.2 Å². The van der Waals surface area contributed by atoms with Crippen LogP contribution in [0.25, 0.3) is 11.1 Å². The Morgan fingerprint density at radius 2 is 1.81 bits per heavy atom. The number of hydrogen-bond acceptors (Lipinski definition) is 6. The zero-order chi connectivity index (χ0) is 25.9. The van der Waals surface area contributed by atoms with Gasteiger partial charge < -0.3 is 9.64 Å². The molecule has 3 aromatic rings. The van der Waals surface area contributed by atoms with E-state index in [1.165, 1.54) is 23.1 Å². The maximum Gasteiger partial charge on any atom is 0.310 e. The van der Waals surface area contributed by atoms with Gasteiger partial charge in [-0.15, -0.1) is 0 Å². The molecule has 1 aliphatic heterocycles. The highest BCUT2D eigenvalue weighted by Gasteiger charge is 2.35. The van der Waals surface area contributed by atoms with Crippen LogP contribution in [0.3, 0.4) is 0 Å². The minimum Gasteiger partial charge on any atom is -0.477 e. The summed E-state index contributed by atoms with van der Waals surface area (Å²) in [6, 6.07) is 17.9. The number of nitro groups is 1. The van der Waals surface area contributed by atoms with E-state index in [1.807, 2.05) is 30.3 Å². The van der Waals surface area contributed by atoms with Crippen molar-refractivity contribution in [3.05, 3.63) is 92.5 Å². The number of halogens is 2. The van der Waals surface area contributed by atoms with Gasteiger partial charge >= 0.3 is 5.69 Å². The first kappa shape index (κ1) is 25.9. The summed E-state index contributed by atoms with van der Waals surface area (Å²) in [6.07, 6.45) is 0.317. The molecule has 1 saturated heterocycles. The molecule has 0 bridgehead atoms. The first-order valence-electron chi connectivity index (χ1n) is 11.0. The van der Waals surface area contributed by atoms with Crippen molar-refractivity contribution in [1.29, 1.82) is 0 Å². The summed E-state index contributed by atoms with van der Waals surface area (Å²) >= 11 is 12.3. The molecule has 4 rings (SSSR count). The molecule has 36 heavy (non-hydrogen) atoms. The highest BCUT2D eigenvalue weighted by Crippen LogP contribution is 2.31. The van der Waals surface area contributed by atoms with Crippen molar-refractivity contribution in [2.24, 2.45) is 0 Å². The molecule has 0 spiro atoms. The number of benzene rings is 3. The molecule has 0 saturated carbocycles. The Labute approximate surface area is 218 Å². The van der Waals surface area contributed by atoms with Crippen molar-refractivity contribution in [2.45, 2.75) is 19.0 Å². The first-order valence-corrected chi connectivity index (χ1v) is 13.6. The largest absolute Gasteiger partial charge is 0.477 e. The molecule has 1 atom stereocenters. The molecular formula is C25H22Cl2N2O6S. The van der Waals surface area contributed by atoms with Crippen LogP contribution in [0.4, 0.5) is 5.69 Å². The zero-order valence-corrected chi connectivity index (χ0v) is 21.3. The number of ether oxygens (including phenoxy) is 1. The van der Waals surface area contributed by atoms with E-state index in [9.17, 15) is 23.3 Å². The van der Waals surface area contributed by atoms with Crippen molar-refractivity contribution in [3.8, 4) is 16.9 Å². The van der Waals surface area contributed by atoms with Gasteiger partial charge in [-0.05, 0) is 35.7 Å². The van der Waals surface area contributed by atoms with Crippen LogP contribution in [0.5, 0.6) is 5.75 Å². The second-order valence-corrected chi connectivity index (χ2v) is 11.5. The molecule has 1 unspecified atom stereocenters. The number of sulfone groups is 1. The topological polar surface area (TPSA) is 107 Å². The lowest BCUT2D eigenvalue weighted by atomic mass is 10.0. The molecule has 1 heterocycles. The molecule has 11 heteroatoms. The molecule has 0 aromatic heterocycles. The predicted molar refractivity (Wildman–Crippen MR) is 138 cm³/mol. The van der Waals surface area contributed by atoms with Crippen molar-refractivity contribution in [1.82, 2.24) is 4.90 Å². The number of rotatable bonds is 8. The fourth-order valence-corrected chi connectivity index (χ4v) is 6.35. The van der Waals surface area contributed by atoms with Gasteiger partial charge in [-0.3, -0.25) is 14.9 Å². The Balaban J connectivity index is 1.53. The van der Waals surface area contributed by atoms with Crippen molar-refractivity contribution in [3.63, 3.8) is 0 Å². The van der Waals surface area contributed by atoms with Gasteiger partial charge in [0.2, 0.25) is 0 Å². The summed E-state index contributed by atoms with van der Waals surface area (Å²) in [5.74, 6) is -0.623. The van der Waals surface area contributed by atoms with E-state index < -0.39 is 33.3 Å². The number of carbonyl (C=O) groups excluding carboxylic acids is 1. The van der Waals surface area contributed by atoms with Crippen LogP contribution in [0.1, 0.15) is 12.0 Å². The van der Waals surface area contributed by atoms with Crippen LogP contribution in [0.2, 0.25) is 10.0 Å². The van der Waals surface area contributed by atoms with Crippen LogP contribution in [0, 0.1) is 10.1 Å². The van der Waals surface area contributed by atoms with Crippen LogP contribution < -0.4 is 4.74 Å². The van der Waals surface area contributed by atoms with E-state index >= 15 is 0 Å². The predicted octanol–water partition coefficient (Wildman–Crippen LogP) is 5.16. The normalized spacial score (nSPS) is 16.4. The lowest BCUT2D eigenvalue weighted by molar-refractivity contribution is -0.385. The smallest absolute Gasteiger partial charge is 0.310 e. The molecule has 3 aromatic carbocycles. The van der Waals surface area contributed by atoms with E-state index in [1.54, 1.807) is 18.2 Å². The van der Waals surface area contributed by atoms with Gasteiger partial charge in [0, 0.05) is 34.3 Å². The molecule has 0 aliphatic carbocycles. The minimum absolute atomic E-state index is 0.000461. The highest BCUT2D eigenvalue weighted by atomic mass is 35.5. The van der Waals surface area contributed by atoms with Crippen LogP contribution >= 0.6 is 23.2 Å². The van der Waals surface area contributed by atoms with Crippen LogP contribution in [0.15, 0.2) is 66.7 Å². The second kappa shape index (κ2) is 10.9. The molecule has 0 N–H and O–H groups in total. The Morgan fingerprint density at radius 1 is 1.08 bits per heavy atom. The number of carbonyl (C=O) groups is 1. The van der Waals surface area contributed by atoms with Gasteiger partial charge in [0.05, 0.1) is 16.4 Å². The molecule has 8 nitrogen and oxygen atoms in total. The maximum absolute atomic E-state index is 13.2. The van der Waals surface area contributed by atoms with E-state index in [2.05, 4.69) is 0 Å². The number of para-hydroxylation sites is 2. The van der Waals surface area contributed by atoms with Gasteiger partial charge in [0.15, 0.2) is 22.2 Å². The van der Waals surface area contributed by atoms with E-state index in [0.29, 0.717) is 16.5 Å². The van der Waals surface area contributed by atoms with E-state index in [-0.39, 0.29) is 29.5 Å². The molecule has 188 valence electrons. The summed E-state index contributed by atoms with van der Waals surface area (Å²) in [5, 5.41) is 12.3. The number of amides is 1. The van der Waals surface area contributed by atoms with Crippen molar-refractivity contribution >= 4 is 44.6 Å². The minimum atomic E-state index is -3.25. The molecule has 0 radical (unpaired) electrons. The van der Waals surface area contributed by atoms with Gasteiger partial charge in [0.25, 0.3) is 5.91 Å². The number of hydrogen-bond donors (Lipinski definition) is 0. The summed E-state index contributed by atoms with van der Waals surface area (Å²) in [4.78, 5) is 25.3. The van der Waals surface area contributed by atoms with Crippen molar-refractivity contribution < 1.29 is 22.9 Å². The third kappa shape index (κ3) is 6.16. The summed E-state index contributed by atoms with van der Waals surface area (Å²) in [7, 11) is -3.25. The molecular weight excluding hydrogens is 527 g/mol. The average Bonchev–Trinajstić information content (AvgIpc) is 3.21. The highest BCUT2D eigenvalue weighted by molar-refractivity contribution is 7.91. The lowest BCUT2D eigenvalue weighted by Crippen LogP contribution is -2.43. The zero-order valence-electron chi connectivity index (χ0n) is 19.0. The summed E-state index contributed by atoms with van der Waals surface area (Å²) < 4.78 is 29.7. The number of nitrogens with zero attached hydrogens (tertiary/aromatic N) is 2. The van der Waals surface area contributed by atoms with Gasteiger partial charge in [0.1, 0.15) is 0 Å². The quantitative estimate of drug-likeness (QED) is 0.284. The van der Waals surface area contributed by atoms with Gasteiger partial charge in [-0.25, -0.2) is 8.42 Å². The van der Waals surface area contributed by atoms with Crippen molar-refractivity contribution in [2.75, 3.05) is 18.1 Å². The number of nitro benzene ring substituents is 1. The second-order valence-electron chi connectivity index (χ2n) is 8.41. The van der Waals surface area contributed by atoms with E-state index in [4.69, 9.17) is 27.9 Å². The average molecular weight is 549 g/mol. The Morgan fingerprint density at radius 3 is 2.44 bits per heavy atom. The third-order valence-electron chi connectivity index (χ3n) is 5.93. The first-order chi connectivity index (χ1) is 17.1. The Bertz CT molecular complexity index is 1400. The SMILES string of the molecule is O=C(COc1ccccc1[N+](=O)[O-])N(Cc1ccc(-c2ccc(Cl)cc2Cl)cc1)C1CCS(=O)(=O)C1. The molecule has 1 aliphatic rings. The summed E-state index contributed by atoms with van der Waals surface area (Å²) in [5.41, 5.74) is 2.20. The third-order valence-corrected chi connectivity index (χ3v) is 8.23.